The van der Waals surface area contributed by atoms with Crippen LogP contribution in [-0.2, 0) is 0 Å². The number of methoxy groups -OCH3 is 1. The van der Waals surface area contributed by atoms with E-state index >= 15 is 0 Å². The molecule has 27 heavy (non-hydrogen) atoms. The highest BCUT2D eigenvalue weighted by Gasteiger charge is 2.21. The zero-order chi connectivity index (χ0) is 19.1. The fourth-order valence-electron chi connectivity index (χ4n) is 3.33. The molecule has 0 unspecified atom stereocenters. The highest BCUT2D eigenvalue weighted by Crippen LogP contribution is 2.36. The van der Waals surface area contributed by atoms with Crippen molar-refractivity contribution in [3.8, 4) is 28.3 Å². The van der Waals surface area contributed by atoms with Crippen LogP contribution in [0.5, 0.6) is 5.75 Å². The molecule has 0 radical (unpaired) electrons. The summed E-state index contributed by atoms with van der Waals surface area (Å²) in [7, 11) is 1.65. The first kappa shape index (κ1) is 17.5. The summed E-state index contributed by atoms with van der Waals surface area (Å²) in [6, 6.07) is 14.1. The number of hydrogen-bond acceptors (Lipinski definition) is 4. The molecule has 0 bridgehead atoms. The van der Waals surface area contributed by atoms with Crippen LogP contribution in [0.3, 0.4) is 0 Å². The van der Waals surface area contributed by atoms with Crippen molar-refractivity contribution in [2.75, 3.05) is 7.11 Å². The van der Waals surface area contributed by atoms with Gasteiger partial charge in [-0.15, -0.1) is 11.3 Å². The molecule has 4 rings (SSSR count). The van der Waals surface area contributed by atoms with E-state index in [0.29, 0.717) is 5.69 Å². The first-order valence-corrected chi connectivity index (χ1v) is 9.54. The van der Waals surface area contributed by atoms with Gasteiger partial charge in [-0.2, -0.15) is 0 Å². The van der Waals surface area contributed by atoms with Crippen LogP contribution in [0.1, 0.15) is 26.5 Å². The van der Waals surface area contributed by atoms with Crippen LogP contribution in [0.25, 0.3) is 27.5 Å². The van der Waals surface area contributed by atoms with Crippen molar-refractivity contribution in [3.05, 3.63) is 64.2 Å². The van der Waals surface area contributed by atoms with Gasteiger partial charge in [0.15, 0.2) is 11.2 Å². The first-order chi connectivity index (χ1) is 13.0. The lowest BCUT2D eigenvalue weighted by Crippen LogP contribution is -1.96. The van der Waals surface area contributed by atoms with E-state index in [4.69, 9.17) is 9.72 Å². The van der Waals surface area contributed by atoms with Crippen LogP contribution in [-0.4, -0.2) is 22.8 Å². The minimum absolute atomic E-state index is 0.587. The maximum absolute atomic E-state index is 12.0. The quantitative estimate of drug-likeness (QED) is 0.443. The summed E-state index contributed by atoms with van der Waals surface area (Å²) < 4.78 is 7.23. The number of ether oxygens (including phenoxy) is 1. The monoisotopic (exact) mass is 376 g/mol. The zero-order valence-electron chi connectivity index (χ0n) is 15.7. The molecule has 0 aliphatic heterocycles. The molecule has 5 heteroatoms. The summed E-state index contributed by atoms with van der Waals surface area (Å²) in [4.78, 5) is 18.8. The average molecular weight is 376 g/mol. The smallest absolute Gasteiger partial charge is 0.195 e. The van der Waals surface area contributed by atoms with Gasteiger partial charge in [-0.1, -0.05) is 12.1 Å². The number of aldehydes is 1. The molecule has 0 fully saturated rings. The minimum Gasteiger partial charge on any atom is -0.497 e. The van der Waals surface area contributed by atoms with E-state index in [1.807, 2.05) is 34.7 Å². The summed E-state index contributed by atoms with van der Waals surface area (Å²) in [6.45, 7) is 6.21. The van der Waals surface area contributed by atoms with Gasteiger partial charge in [0.2, 0.25) is 0 Å². The zero-order valence-corrected chi connectivity index (χ0v) is 16.6. The summed E-state index contributed by atoms with van der Waals surface area (Å²) in [5.41, 5.74) is 6.73. The van der Waals surface area contributed by atoms with E-state index in [1.165, 1.54) is 11.1 Å². The average Bonchev–Trinajstić information content (AvgIpc) is 3.18. The van der Waals surface area contributed by atoms with Crippen LogP contribution in [0.15, 0.2) is 42.5 Å². The van der Waals surface area contributed by atoms with Gasteiger partial charge in [-0.25, -0.2) is 4.98 Å². The molecule has 4 nitrogen and oxygen atoms in total. The van der Waals surface area contributed by atoms with Gasteiger partial charge in [0.05, 0.1) is 12.8 Å². The highest BCUT2D eigenvalue weighted by molar-refractivity contribution is 7.17. The van der Waals surface area contributed by atoms with E-state index in [-0.39, 0.29) is 0 Å². The van der Waals surface area contributed by atoms with E-state index in [1.54, 1.807) is 18.4 Å². The van der Waals surface area contributed by atoms with Crippen molar-refractivity contribution < 1.29 is 9.53 Å². The molecule has 0 aliphatic rings. The Labute approximate surface area is 162 Å². The molecule has 0 saturated carbocycles. The predicted molar refractivity (Wildman–Crippen MR) is 110 cm³/mol. The second-order valence-corrected chi connectivity index (χ2v) is 7.80. The van der Waals surface area contributed by atoms with Crippen LogP contribution in [0.4, 0.5) is 0 Å². The molecule has 4 aromatic rings. The lowest BCUT2D eigenvalue weighted by molar-refractivity contribution is 0.111. The van der Waals surface area contributed by atoms with Crippen molar-refractivity contribution >= 4 is 22.6 Å². The van der Waals surface area contributed by atoms with Crippen molar-refractivity contribution in [1.82, 2.24) is 9.38 Å². The molecule has 0 amide bonds. The number of fused-ring (bicyclic) bond motifs is 1. The van der Waals surface area contributed by atoms with Crippen LogP contribution < -0.4 is 4.74 Å². The van der Waals surface area contributed by atoms with Gasteiger partial charge in [0.25, 0.3) is 0 Å². The Morgan fingerprint density at radius 2 is 1.70 bits per heavy atom. The van der Waals surface area contributed by atoms with Gasteiger partial charge >= 0.3 is 0 Å². The SMILES string of the molecule is COc1ccc(-c2c(C)sc3nc(-c4ccc(C)c(C)c4)c(C=O)n23)cc1. The molecule has 2 heterocycles. The molecule has 0 saturated heterocycles. The van der Waals surface area contributed by atoms with Crippen molar-refractivity contribution in [2.24, 2.45) is 0 Å². The number of carbonyl (C=O) groups is 1. The molecule has 0 atom stereocenters. The lowest BCUT2D eigenvalue weighted by atomic mass is 10.0. The third-order valence-corrected chi connectivity index (χ3v) is 5.90. The third kappa shape index (κ3) is 2.84. The fraction of sp³-hybridized carbons (Fsp3) is 0.182. The Kier molecular flexibility index (Phi) is 4.32. The van der Waals surface area contributed by atoms with E-state index in [2.05, 4.69) is 32.9 Å². The summed E-state index contributed by atoms with van der Waals surface area (Å²) >= 11 is 1.60. The van der Waals surface area contributed by atoms with Crippen molar-refractivity contribution in [1.29, 1.82) is 0 Å². The van der Waals surface area contributed by atoms with E-state index in [9.17, 15) is 4.79 Å². The number of nitrogens with zero attached hydrogens (tertiary/aromatic N) is 2. The number of aromatic nitrogens is 2. The highest BCUT2D eigenvalue weighted by atomic mass is 32.1. The van der Waals surface area contributed by atoms with Crippen molar-refractivity contribution in [3.63, 3.8) is 0 Å². The molecule has 2 aromatic heterocycles. The van der Waals surface area contributed by atoms with Gasteiger partial charge in [-0.05, 0) is 67.8 Å². The Balaban J connectivity index is 1.95. The largest absolute Gasteiger partial charge is 0.497 e. The number of hydrogen-bond donors (Lipinski definition) is 0. The Morgan fingerprint density at radius 3 is 2.33 bits per heavy atom. The Hall–Kier alpha value is -2.92. The molecule has 0 aliphatic carbocycles. The normalized spacial score (nSPS) is 11.1. The number of thiazole rings is 1. The second kappa shape index (κ2) is 6.67. The Bertz CT molecular complexity index is 1150. The van der Waals surface area contributed by atoms with Crippen LogP contribution >= 0.6 is 11.3 Å². The first-order valence-electron chi connectivity index (χ1n) is 8.72. The molecular formula is C22H20N2O2S. The van der Waals surface area contributed by atoms with Gasteiger partial charge in [-0.3, -0.25) is 9.20 Å². The molecule has 2 aromatic carbocycles. The molecular weight excluding hydrogens is 356 g/mol. The minimum atomic E-state index is 0.587. The van der Waals surface area contributed by atoms with E-state index < -0.39 is 0 Å². The lowest BCUT2D eigenvalue weighted by Gasteiger charge is -2.07. The van der Waals surface area contributed by atoms with Crippen LogP contribution in [0.2, 0.25) is 0 Å². The van der Waals surface area contributed by atoms with Crippen molar-refractivity contribution in [2.45, 2.75) is 20.8 Å². The fourth-order valence-corrected chi connectivity index (χ4v) is 4.33. The van der Waals surface area contributed by atoms with E-state index in [0.717, 1.165) is 44.4 Å². The summed E-state index contributed by atoms with van der Waals surface area (Å²) in [6.07, 6.45) is 0.906. The third-order valence-electron chi connectivity index (χ3n) is 4.94. The molecule has 136 valence electrons. The number of rotatable bonds is 4. The number of imidazole rings is 1. The number of carbonyl (C=O) groups excluding carboxylic acids is 1. The van der Waals surface area contributed by atoms with Gasteiger partial charge in [0.1, 0.15) is 17.1 Å². The molecule has 0 spiro atoms. The van der Waals surface area contributed by atoms with Gasteiger partial charge in [0, 0.05) is 10.4 Å². The number of aryl methyl sites for hydroxylation is 3. The maximum Gasteiger partial charge on any atom is 0.195 e. The molecule has 0 N–H and O–H groups in total. The summed E-state index contributed by atoms with van der Waals surface area (Å²) in [5, 5.41) is 0. The second-order valence-electron chi connectivity index (χ2n) is 6.62. The Morgan fingerprint density at radius 1 is 1.00 bits per heavy atom. The standard InChI is InChI=1S/C22H20N2O2S/c1-13-5-6-17(11-14(13)2)20-19(12-25)24-21(15(3)27-22(24)23-20)16-7-9-18(26-4)10-8-16/h5-12H,1-4H3. The number of benzene rings is 2. The maximum atomic E-state index is 12.0. The topological polar surface area (TPSA) is 43.6 Å². The van der Waals surface area contributed by atoms with Crippen LogP contribution in [0, 0.1) is 20.8 Å². The summed E-state index contributed by atoms with van der Waals surface area (Å²) in [5.74, 6) is 0.805. The predicted octanol–water partition coefficient (Wildman–Crippen LogP) is 5.48. The van der Waals surface area contributed by atoms with Gasteiger partial charge < -0.3 is 4.74 Å².